The Labute approximate surface area is 119 Å². The van der Waals surface area contributed by atoms with Crippen molar-refractivity contribution in [3.8, 4) is 0 Å². The lowest BCUT2D eigenvalue weighted by Gasteiger charge is -2.01. The third-order valence-electron chi connectivity index (χ3n) is 2.21. The van der Waals surface area contributed by atoms with E-state index in [1.165, 1.54) is 17.4 Å². The number of carbonyl (C=O) groups excluding carboxylic acids is 1. The summed E-state index contributed by atoms with van der Waals surface area (Å²) in [5.74, 6) is -0.426. The molecule has 0 spiro atoms. The van der Waals surface area contributed by atoms with Crippen LogP contribution in [0.2, 0.25) is 0 Å². The van der Waals surface area contributed by atoms with E-state index >= 15 is 0 Å². The van der Waals surface area contributed by atoms with Crippen molar-refractivity contribution >= 4 is 49.0 Å². The molecule has 0 fully saturated rings. The number of ketones is 1. The molecule has 0 bridgehead atoms. The summed E-state index contributed by atoms with van der Waals surface area (Å²) in [5.41, 5.74) is 0.419. The smallest absolute Gasteiger partial charge is 0.177 e. The fourth-order valence-corrected chi connectivity index (χ4v) is 3.08. The zero-order valence-corrected chi connectivity index (χ0v) is 12.5. The van der Waals surface area contributed by atoms with Crippen LogP contribution in [0.1, 0.15) is 15.2 Å². The second-order valence-electron chi connectivity index (χ2n) is 3.46. The van der Waals surface area contributed by atoms with E-state index in [0.717, 1.165) is 4.47 Å². The molecule has 17 heavy (non-hydrogen) atoms. The lowest BCUT2D eigenvalue weighted by Crippen LogP contribution is -2.03. The lowest BCUT2D eigenvalue weighted by atomic mass is 10.1. The van der Waals surface area contributed by atoms with Crippen LogP contribution in [0.15, 0.2) is 38.6 Å². The molecule has 1 aromatic heterocycles. The Morgan fingerprint density at radius 1 is 1.24 bits per heavy atom. The summed E-state index contributed by atoms with van der Waals surface area (Å²) in [6.07, 6.45) is 0.0894. The lowest BCUT2D eigenvalue weighted by molar-refractivity contribution is 0.0995. The fourth-order valence-electron chi connectivity index (χ4n) is 1.38. The summed E-state index contributed by atoms with van der Waals surface area (Å²) in [6, 6.07) is 6.48. The number of Topliss-reactive ketones (excluding diaryl/α,β-unsaturated/α-hetero) is 1. The summed E-state index contributed by atoms with van der Waals surface area (Å²) in [6.45, 7) is 0. The zero-order chi connectivity index (χ0) is 12.4. The quantitative estimate of drug-likeness (QED) is 0.699. The highest BCUT2D eigenvalue weighted by Gasteiger charge is 2.12. The van der Waals surface area contributed by atoms with E-state index in [-0.39, 0.29) is 18.0 Å². The van der Waals surface area contributed by atoms with Gasteiger partial charge in [-0.2, -0.15) is 0 Å². The molecule has 0 aliphatic rings. The van der Waals surface area contributed by atoms with Gasteiger partial charge in [0.1, 0.15) is 5.82 Å². The van der Waals surface area contributed by atoms with Crippen molar-refractivity contribution in [2.24, 2.45) is 0 Å². The van der Waals surface area contributed by atoms with Crippen LogP contribution in [0.3, 0.4) is 0 Å². The molecule has 1 nitrogen and oxygen atoms in total. The van der Waals surface area contributed by atoms with Crippen molar-refractivity contribution in [3.63, 3.8) is 0 Å². The Kier molecular flexibility index (Phi) is 4.12. The van der Waals surface area contributed by atoms with Gasteiger partial charge in [-0.1, -0.05) is 22.0 Å². The predicted molar refractivity (Wildman–Crippen MR) is 74.2 cm³/mol. The minimum absolute atomic E-state index is 0.0677. The minimum Gasteiger partial charge on any atom is -0.293 e. The van der Waals surface area contributed by atoms with Crippen LogP contribution in [-0.2, 0) is 6.42 Å². The number of halogens is 3. The fraction of sp³-hybridized carbons (Fsp3) is 0.0833. The molecule has 0 amide bonds. The van der Waals surface area contributed by atoms with Crippen molar-refractivity contribution in [2.45, 2.75) is 6.42 Å². The molecule has 0 N–H and O–H groups in total. The molecule has 1 aromatic carbocycles. The number of thiophene rings is 1. The maximum atomic E-state index is 13.5. The van der Waals surface area contributed by atoms with Gasteiger partial charge in [0.2, 0.25) is 0 Å². The van der Waals surface area contributed by atoms with Crippen LogP contribution >= 0.6 is 43.2 Å². The zero-order valence-electron chi connectivity index (χ0n) is 8.54. The number of hydrogen-bond donors (Lipinski definition) is 0. The van der Waals surface area contributed by atoms with Crippen LogP contribution in [0.5, 0.6) is 0 Å². The van der Waals surface area contributed by atoms with Crippen LogP contribution in [0.25, 0.3) is 0 Å². The first-order chi connectivity index (χ1) is 8.06. The molecule has 2 aromatic rings. The van der Waals surface area contributed by atoms with E-state index in [9.17, 15) is 9.18 Å². The van der Waals surface area contributed by atoms with Crippen LogP contribution in [0, 0.1) is 5.82 Å². The molecule has 0 saturated carbocycles. The Balaban J connectivity index is 2.18. The minimum atomic E-state index is -0.358. The number of carbonyl (C=O) groups is 1. The molecule has 2 rings (SSSR count). The Morgan fingerprint density at radius 2 is 2.00 bits per heavy atom. The molecular weight excluding hydrogens is 371 g/mol. The average molecular weight is 378 g/mol. The predicted octanol–water partition coefficient (Wildman–Crippen LogP) is 4.84. The molecular formula is C12H7Br2FOS. The van der Waals surface area contributed by atoms with E-state index in [2.05, 4.69) is 31.9 Å². The van der Waals surface area contributed by atoms with Gasteiger partial charge in [-0.15, -0.1) is 11.3 Å². The van der Waals surface area contributed by atoms with Crippen molar-refractivity contribution in [3.05, 3.63) is 54.8 Å². The largest absolute Gasteiger partial charge is 0.293 e. The first-order valence-electron chi connectivity index (χ1n) is 4.77. The summed E-state index contributed by atoms with van der Waals surface area (Å²) in [7, 11) is 0. The van der Waals surface area contributed by atoms with Crippen LogP contribution in [0.4, 0.5) is 4.39 Å². The van der Waals surface area contributed by atoms with Gasteiger partial charge < -0.3 is 0 Å². The maximum absolute atomic E-state index is 13.5. The second kappa shape index (κ2) is 5.42. The Morgan fingerprint density at radius 3 is 2.59 bits per heavy atom. The SMILES string of the molecule is O=C(Cc1ccc(Br)cc1F)c1cc(Br)cs1. The van der Waals surface area contributed by atoms with Gasteiger partial charge >= 0.3 is 0 Å². The molecule has 0 radical (unpaired) electrons. The van der Waals surface area contributed by atoms with Gasteiger partial charge in [-0.05, 0) is 39.7 Å². The van der Waals surface area contributed by atoms with Crippen LogP contribution in [-0.4, -0.2) is 5.78 Å². The summed E-state index contributed by atoms with van der Waals surface area (Å²) < 4.78 is 15.1. The molecule has 0 saturated heterocycles. The Bertz CT molecular complexity index is 565. The van der Waals surface area contributed by atoms with Crippen molar-refractivity contribution < 1.29 is 9.18 Å². The molecule has 0 atom stereocenters. The second-order valence-corrected chi connectivity index (χ2v) is 6.21. The van der Waals surface area contributed by atoms with E-state index in [1.54, 1.807) is 18.2 Å². The van der Waals surface area contributed by atoms with Crippen molar-refractivity contribution in [1.82, 2.24) is 0 Å². The topological polar surface area (TPSA) is 17.1 Å². The normalized spacial score (nSPS) is 10.5. The third kappa shape index (κ3) is 3.24. The summed E-state index contributed by atoms with van der Waals surface area (Å²) in [4.78, 5) is 12.5. The number of benzene rings is 1. The third-order valence-corrected chi connectivity index (χ3v) is 4.43. The maximum Gasteiger partial charge on any atom is 0.177 e. The van der Waals surface area contributed by atoms with Crippen LogP contribution < -0.4 is 0 Å². The average Bonchev–Trinajstić information content (AvgIpc) is 2.69. The highest BCUT2D eigenvalue weighted by Crippen LogP contribution is 2.22. The molecule has 88 valence electrons. The van der Waals surface area contributed by atoms with Gasteiger partial charge in [0.15, 0.2) is 5.78 Å². The first-order valence-corrected chi connectivity index (χ1v) is 7.24. The molecule has 5 heteroatoms. The van der Waals surface area contributed by atoms with Crippen molar-refractivity contribution in [2.75, 3.05) is 0 Å². The monoisotopic (exact) mass is 376 g/mol. The van der Waals surface area contributed by atoms with E-state index < -0.39 is 0 Å². The summed E-state index contributed by atoms with van der Waals surface area (Å²) in [5, 5.41) is 1.84. The molecule has 0 aliphatic heterocycles. The molecule has 1 heterocycles. The first kappa shape index (κ1) is 12.9. The van der Waals surface area contributed by atoms with Crippen molar-refractivity contribution in [1.29, 1.82) is 0 Å². The van der Waals surface area contributed by atoms with Gasteiger partial charge in [-0.25, -0.2) is 4.39 Å². The standard InChI is InChI=1S/C12H7Br2FOS/c13-8-2-1-7(10(15)4-8)3-11(16)12-5-9(14)6-17-12/h1-2,4-6H,3H2. The van der Waals surface area contributed by atoms with Gasteiger partial charge in [0, 0.05) is 20.7 Å². The Hall–Kier alpha value is -0.520. The molecule has 0 aliphatic carbocycles. The van der Waals surface area contributed by atoms with Gasteiger partial charge in [0.25, 0.3) is 0 Å². The number of rotatable bonds is 3. The van der Waals surface area contributed by atoms with E-state index in [0.29, 0.717) is 14.9 Å². The van der Waals surface area contributed by atoms with Gasteiger partial charge in [0.05, 0.1) is 4.88 Å². The summed E-state index contributed by atoms with van der Waals surface area (Å²) >= 11 is 7.83. The van der Waals surface area contributed by atoms with E-state index in [1.807, 2.05) is 5.38 Å². The number of hydrogen-bond acceptors (Lipinski definition) is 2. The highest BCUT2D eigenvalue weighted by atomic mass is 79.9. The van der Waals surface area contributed by atoms with Gasteiger partial charge in [-0.3, -0.25) is 4.79 Å². The van der Waals surface area contributed by atoms with E-state index in [4.69, 9.17) is 0 Å². The highest BCUT2D eigenvalue weighted by molar-refractivity contribution is 9.10. The molecule has 0 unspecified atom stereocenters.